The summed E-state index contributed by atoms with van der Waals surface area (Å²) < 4.78 is 13.1. The molecule has 0 bridgehead atoms. The first-order chi connectivity index (χ1) is 13.5. The van der Waals surface area contributed by atoms with Crippen molar-refractivity contribution in [2.75, 3.05) is 6.61 Å². The van der Waals surface area contributed by atoms with Crippen LogP contribution in [0, 0.1) is 5.82 Å². The molecule has 3 N–H and O–H groups in total. The van der Waals surface area contributed by atoms with Crippen LogP contribution in [0.5, 0.6) is 0 Å². The third-order valence-electron chi connectivity index (χ3n) is 4.43. The van der Waals surface area contributed by atoms with Gasteiger partial charge in [0.15, 0.2) is 0 Å². The summed E-state index contributed by atoms with van der Waals surface area (Å²) in [5.74, 6) is -0.474. The van der Waals surface area contributed by atoms with E-state index in [1.54, 1.807) is 25.3 Å². The number of aliphatic hydroxyl groups is 1. The number of hydrogen-bond donors (Lipinski definition) is 3. The van der Waals surface area contributed by atoms with Gasteiger partial charge in [-0.2, -0.15) is 0 Å². The molecule has 0 saturated heterocycles. The number of nitrogens with one attached hydrogen (secondary N) is 2. The van der Waals surface area contributed by atoms with Crippen molar-refractivity contribution in [3.05, 3.63) is 64.7 Å². The molecule has 0 unspecified atom stereocenters. The lowest BCUT2D eigenvalue weighted by Crippen LogP contribution is -2.34. The monoisotopic (exact) mass is 395 g/mol. The third-order valence-corrected chi connectivity index (χ3v) is 5.36. The average molecular weight is 395 g/mol. The van der Waals surface area contributed by atoms with Crippen molar-refractivity contribution in [2.24, 2.45) is 0 Å². The first-order valence-electron chi connectivity index (χ1n) is 8.79. The molecule has 5 nitrogen and oxygen atoms in total. The highest BCUT2D eigenvalue weighted by Crippen LogP contribution is 2.29. The van der Waals surface area contributed by atoms with E-state index in [1.165, 1.54) is 23.5 Å². The lowest BCUT2D eigenvalue weighted by molar-refractivity contribution is 0.0926. The number of fused-ring (bicyclic) bond motifs is 1. The highest BCUT2D eigenvalue weighted by atomic mass is 32.1. The van der Waals surface area contributed by atoms with Crippen LogP contribution in [0.3, 0.4) is 0 Å². The molecule has 142 valence electrons. The normalized spacial score (nSPS) is 12.2. The van der Waals surface area contributed by atoms with Gasteiger partial charge in [-0.1, -0.05) is 0 Å². The van der Waals surface area contributed by atoms with Crippen molar-refractivity contribution in [3.63, 3.8) is 0 Å². The summed E-state index contributed by atoms with van der Waals surface area (Å²) in [5.41, 5.74) is 4.30. The van der Waals surface area contributed by atoms with Crippen LogP contribution in [-0.2, 0) is 0 Å². The SMILES string of the molecule is C[C@H](CO)NC(=O)c1cc(-c2cnc3[nH]c(-c4ccc(F)cc4)cc3c2)cs1. The Balaban J connectivity index is 1.61. The molecule has 28 heavy (non-hydrogen) atoms. The second-order valence-corrected chi connectivity index (χ2v) is 7.52. The van der Waals surface area contributed by atoms with Crippen LogP contribution in [0.4, 0.5) is 4.39 Å². The smallest absolute Gasteiger partial charge is 0.261 e. The zero-order chi connectivity index (χ0) is 19.7. The molecule has 4 aromatic rings. The van der Waals surface area contributed by atoms with Crippen LogP contribution in [0.2, 0.25) is 0 Å². The fourth-order valence-electron chi connectivity index (χ4n) is 2.91. The predicted octanol–water partition coefficient (Wildman–Crippen LogP) is 4.21. The largest absolute Gasteiger partial charge is 0.394 e. The fourth-order valence-corrected chi connectivity index (χ4v) is 3.72. The topological polar surface area (TPSA) is 78.0 Å². The van der Waals surface area contributed by atoms with Crippen molar-refractivity contribution in [2.45, 2.75) is 13.0 Å². The molecule has 0 spiro atoms. The first-order valence-corrected chi connectivity index (χ1v) is 9.67. The predicted molar refractivity (Wildman–Crippen MR) is 109 cm³/mol. The number of pyridine rings is 1. The Hall–Kier alpha value is -3.03. The molecular formula is C21H18FN3O2S. The number of halogens is 1. The number of amides is 1. The van der Waals surface area contributed by atoms with Crippen molar-refractivity contribution in [1.82, 2.24) is 15.3 Å². The standard InChI is InChI=1S/C21H18FN3O2S/c1-12(10-26)24-21(27)19-8-16(11-28-19)15-6-14-7-18(25-20(14)23-9-15)13-2-4-17(22)5-3-13/h2-9,11-12,26H,10H2,1H3,(H,23,25)(H,24,27)/t12-/m1/s1. The summed E-state index contributed by atoms with van der Waals surface area (Å²) in [6.45, 7) is 1.64. The summed E-state index contributed by atoms with van der Waals surface area (Å²) >= 11 is 1.35. The molecule has 3 heterocycles. The first kappa shape index (κ1) is 18.3. The highest BCUT2D eigenvalue weighted by molar-refractivity contribution is 7.12. The lowest BCUT2D eigenvalue weighted by Gasteiger charge is -2.08. The summed E-state index contributed by atoms with van der Waals surface area (Å²) in [6, 6.07) is 11.8. The second-order valence-electron chi connectivity index (χ2n) is 6.61. The van der Waals surface area contributed by atoms with Gasteiger partial charge < -0.3 is 15.4 Å². The number of carbonyl (C=O) groups excluding carboxylic acids is 1. The molecule has 0 saturated carbocycles. The Morgan fingerprint density at radius 3 is 2.75 bits per heavy atom. The van der Waals surface area contributed by atoms with E-state index in [4.69, 9.17) is 5.11 Å². The summed E-state index contributed by atoms with van der Waals surface area (Å²) in [5, 5.41) is 14.7. The number of nitrogens with zero attached hydrogens (tertiary/aromatic N) is 1. The number of aromatic nitrogens is 2. The minimum Gasteiger partial charge on any atom is -0.394 e. The minimum absolute atomic E-state index is 0.103. The fraction of sp³-hybridized carbons (Fsp3) is 0.143. The molecule has 0 aliphatic rings. The molecule has 3 aromatic heterocycles. The molecule has 7 heteroatoms. The van der Waals surface area contributed by atoms with E-state index < -0.39 is 0 Å². The Kier molecular flexibility index (Phi) is 4.93. The van der Waals surface area contributed by atoms with Crippen LogP contribution in [-0.4, -0.2) is 33.6 Å². The van der Waals surface area contributed by atoms with Crippen molar-refractivity contribution >= 4 is 28.3 Å². The van der Waals surface area contributed by atoms with Crippen molar-refractivity contribution < 1.29 is 14.3 Å². The maximum Gasteiger partial charge on any atom is 0.261 e. The summed E-state index contributed by atoms with van der Waals surface area (Å²) in [7, 11) is 0. The van der Waals surface area contributed by atoms with Crippen LogP contribution in [0.1, 0.15) is 16.6 Å². The quantitative estimate of drug-likeness (QED) is 0.474. The number of aliphatic hydroxyl groups excluding tert-OH is 1. The van der Waals surface area contributed by atoms with E-state index in [0.29, 0.717) is 4.88 Å². The number of benzene rings is 1. The zero-order valence-electron chi connectivity index (χ0n) is 15.1. The highest BCUT2D eigenvalue weighted by Gasteiger charge is 2.13. The van der Waals surface area contributed by atoms with Gasteiger partial charge in [0.1, 0.15) is 11.5 Å². The number of aromatic amines is 1. The summed E-state index contributed by atoms with van der Waals surface area (Å²) in [6.07, 6.45) is 1.76. The van der Waals surface area contributed by atoms with E-state index in [1.807, 2.05) is 23.6 Å². The molecule has 1 atom stereocenters. The Bertz CT molecular complexity index is 1130. The maximum absolute atomic E-state index is 13.1. The Labute approximate surface area is 164 Å². The van der Waals surface area contributed by atoms with Crippen LogP contribution >= 0.6 is 11.3 Å². The van der Waals surface area contributed by atoms with Gasteiger partial charge in [0.2, 0.25) is 0 Å². The van der Waals surface area contributed by atoms with E-state index in [2.05, 4.69) is 15.3 Å². The van der Waals surface area contributed by atoms with E-state index in [9.17, 15) is 9.18 Å². The number of H-pyrrole nitrogens is 1. The van der Waals surface area contributed by atoms with Gasteiger partial charge in [0.05, 0.1) is 11.5 Å². The van der Waals surface area contributed by atoms with Gasteiger partial charge in [-0.15, -0.1) is 11.3 Å². The zero-order valence-corrected chi connectivity index (χ0v) is 15.9. The van der Waals surface area contributed by atoms with E-state index >= 15 is 0 Å². The minimum atomic E-state index is -0.291. The van der Waals surface area contributed by atoms with Crippen LogP contribution in [0.25, 0.3) is 33.4 Å². The molecule has 0 aliphatic heterocycles. The molecular weight excluding hydrogens is 377 g/mol. The maximum atomic E-state index is 13.1. The van der Waals surface area contributed by atoms with Crippen LogP contribution < -0.4 is 5.32 Å². The van der Waals surface area contributed by atoms with E-state index in [0.717, 1.165) is 33.4 Å². The number of rotatable bonds is 5. The average Bonchev–Trinajstić information content (AvgIpc) is 3.35. The van der Waals surface area contributed by atoms with Gasteiger partial charge in [-0.3, -0.25) is 4.79 Å². The Morgan fingerprint density at radius 1 is 1.21 bits per heavy atom. The molecule has 0 aliphatic carbocycles. The van der Waals surface area contributed by atoms with Crippen molar-refractivity contribution in [3.8, 4) is 22.4 Å². The number of hydrogen-bond acceptors (Lipinski definition) is 4. The lowest BCUT2D eigenvalue weighted by atomic mass is 10.1. The van der Waals surface area contributed by atoms with Gasteiger partial charge in [-0.05, 0) is 65.9 Å². The molecule has 1 amide bonds. The molecule has 0 fully saturated rings. The Morgan fingerprint density at radius 2 is 2.00 bits per heavy atom. The van der Waals surface area contributed by atoms with Gasteiger partial charge in [0, 0.05) is 28.9 Å². The van der Waals surface area contributed by atoms with E-state index in [-0.39, 0.29) is 24.4 Å². The summed E-state index contributed by atoms with van der Waals surface area (Å²) in [4.78, 5) is 20.5. The molecule has 1 aromatic carbocycles. The van der Waals surface area contributed by atoms with Gasteiger partial charge in [-0.25, -0.2) is 9.37 Å². The molecule has 0 radical (unpaired) electrons. The van der Waals surface area contributed by atoms with Crippen LogP contribution in [0.15, 0.2) is 54.0 Å². The number of carbonyl (C=O) groups is 1. The second kappa shape index (κ2) is 7.53. The third kappa shape index (κ3) is 3.67. The van der Waals surface area contributed by atoms with Crippen molar-refractivity contribution in [1.29, 1.82) is 0 Å². The van der Waals surface area contributed by atoms with Gasteiger partial charge >= 0.3 is 0 Å². The number of thiophene rings is 1. The van der Waals surface area contributed by atoms with Gasteiger partial charge in [0.25, 0.3) is 5.91 Å². The molecule has 4 rings (SSSR count).